The summed E-state index contributed by atoms with van der Waals surface area (Å²) in [5.74, 6) is 0.139. The maximum absolute atomic E-state index is 12.0. The van der Waals surface area contributed by atoms with Crippen LogP contribution in [0.4, 0.5) is 13.2 Å². The third kappa shape index (κ3) is 4.09. The quantitative estimate of drug-likeness (QED) is 0.455. The molecule has 5 nitrogen and oxygen atoms in total. The van der Waals surface area contributed by atoms with Crippen LogP contribution in [0.5, 0.6) is 0 Å². The van der Waals surface area contributed by atoms with Gasteiger partial charge >= 0.3 is 15.6 Å². The lowest BCUT2D eigenvalue weighted by Gasteiger charge is -2.24. The van der Waals surface area contributed by atoms with Gasteiger partial charge in [-0.3, -0.25) is 4.28 Å². The third-order valence-electron chi connectivity index (χ3n) is 3.03. The van der Waals surface area contributed by atoms with Crippen LogP contribution in [0.1, 0.15) is 32.6 Å². The lowest BCUT2D eigenvalue weighted by Crippen LogP contribution is -2.25. The van der Waals surface area contributed by atoms with E-state index in [9.17, 15) is 21.6 Å². The number of nitrogens with zero attached hydrogens (tertiary/aromatic N) is 2. The molecule has 0 unspecified atom stereocenters. The van der Waals surface area contributed by atoms with Gasteiger partial charge in [0.2, 0.25) is 0 Å². The Labute approximate surface area is 109 Å². The van der Waals surface area contributed by atoms with E-state index in [1.807, 2.05) is 6.92 Å². The average molecular weight is 298 g/mol. The zero-order chi connectivity index (χ0) is 14.7. The highest BCUT2D eigenvalue weighted by Gasteiger charge is 2.49. The molecule has 0 spiro atoms. The SMILES string of the molecule is CC1CCC(/C(C#N)=N/OS(=O)(=O)C(F)(F)F)CC1. The minimum atomic E-state index is -5.79. The number of hydrogen-bond acceptors (Lipinski definition) is 5. The van der Waals surface area contributed by atoms with Gasteiger partial charge in [-0.15, -0.1) is 0 Å². The van der Waals surface area contributed by atoms with E-state index >= 15 is 0 Å². The van der Waals surface area contributed by atoms with E-state index in [4.69, 9.17) is 5.26 Å². The van der Waals surface area contributed by atoms with Crippen LogP contribution in [-0.2, 0) is 14.4 Å². The summed E-state index contributed by atoms with van der Waals surface area (Å²) in [5.41, 5.74) is -5.85. The Hall–Kier alpha value is -1.30. The van der Waals surface area contributed by atoms with Crippen molar-refractivity contribution in [2.75, 3.05) is 0 Å². The van der Waals surface area contributed by atoms with Gasteiger partial charge in [-0.05, 0) is 18.8 Å². The molecule has 0 saturated heterocycles. The first-order valence-electron chi connectivity index (χ1n) is 5.65. The molecule has 0 bridgehead atoms. The fourth-order valence-electron chi connectivity index (χ4n) is 1.85. The van der Waals surface area contributed by atoms with E-state index in [0.717, 1.165) is 12.8 Å². The van der Waals surface area contributed by atoms with Crippen molar-refractivity contribution in [1.29, 1.82) is 5.26 Å². The van der Waals surface area contributed by atoms with Gasteiger partial charge in [-0.1, -0.05) is 24.9 Å². The molecule has 0 aromatic rings. The van der Waals surface area contributed by atoms with Crippen LogP contribution in [0.3, 0.4) is 0 Å². The van der Waals surface area contributed by atoms with Crippen LogP contribution in [-0.4, -0.2) is 19.6 Å². The molecule has 0 atom stereocenters. The lowest BCUT2D eigenvalue weighted by atomic mass is 9.81. The van der Waals surface area contributed by atoms with Gasteiger partial charge in [-0.25, -0.2) is 0 Å². The molecule has 1 aliphatic carbocycles. The molecular formula is C10H13F3N2O3S. The zero-order valence-electron chi connectivity index (χ0n) is 10.1. The predicted molar refractivity (Wildman–Crippen MR) is 60.2 cm³/mol. The summed E-state index contributed by atoms with van der Waals surface area (Å²) in [6.45, 7) is 2.03. The van der Waals surface area contributed by atoms with Crippen molar-refractivity contribution in [2.45, 2.75) is 38.1 Å². The fourth-order valence-corrected chi connectivity index (χ4v) is 2.11. The minimum absolute atomic E-state index is 0.306. The number of rotatable bonds is 3. The molecule has 0 N–H and O–H groups in total. The second kappa shape index (κ2) is 5.77. The van der Waals surface area contributed by atoms with Crippen molar-refractivity contribution in [3.8, 4) is 6.07 Å². The van der Waals surface area contributed by atoms with Crippen LogP contribution in [0.25, 0.3) is 0 Å². The number of oxime groups is 1. The smallest absolute Gasteiger partial charge is 0.261 e. The van der Waals surface area contributed by atoms with Gasteiger partial charge in [0, 0.05) is 5.92 Å². The third-order valence-corrected chi connectivity index (χ3v) is 3.87. The molecule has 0 aromatic carbocycles. The molecule has 0 radical (unpaired) electrons. The van der Waals surface area contributed by atoms with Gasteiger partial charge in [-0.2, -0.15) is 26.9 Å². The van der Waals surface area contributed by atoms with Gasteiger partial charge in [0.05, 0.1) is 0 Å². The number of hydrogen-bond donors (Lipinski definition) is 0. The molecule has 108 valence electrons. The Morgan fingerprint density at radius 1 is 1.32 bits per heavy atom. The van der Waals surface area contributed by atoms with Crippen molar-refractivity contribution in [3.05, 3.63) is 0 Å². The second-order valence-corrected chi connectivity index (χ2v) is 6.04. The number of halogens is 3. The normalized spacial score (nSPS) is 25.7. The molecule has 1 aliphatic rings. The monoisotopic (exact) mass is 298 g/mol. The molecule has 9 heteroatoms. The first-order chi connectivity index (χ1) is 8.67. The molecule has 1 saturated carbocycles. The van der Waals surface area contributed by atoms with Crippen LogP contribution >= 0.6 is 0 Å². The zero-order valence-corrected chi connectivity index (χ0v) is 11.0. The Morgan fingerprint density at radius 2 is 1.84 bits per heavy atom. The molecule has 0 aliphatic heterocycles. The highest BCUT2D eigenvalue weighted by atomic mass is 32.2. The van der Waals surface area contributed by atoms with Crippen molar-refractivity contribution in [2.24, 2.45) is 17.0 Å². The number of nitriles is 1. The Bertz CT molecular complexity index is 485. The summed E-state index contributed by atoms with van der Waals surface area (Å²) in [4.78, 5) is 0. The predicted octanol–water partition coefficient (Wildman–Crippen LogP) is 2.56. The Morgan fingerprint density at radius 3 is 2.26 bits per heavy atom. The van der Waals surface area contributed by atoms with E-state index in [1.54, 1.807) is 6.07 Å². The van der Waals surface area contributed by atoms with Crippen molar-refractivity contribution in [1.82, 2.24) is 0 Å². The maximum atomic E-state index is 12.0. The molecule has 1 fully saturated rings. The van der Waals surface area contributed by atoms with Gasteiger partial charge in [0.15, 0.2) is 5.71 Å². The molecule has 0 amide bonds. The minimum Gasteiger partial charge on any atom is -0.261 e. The lowest BCUT2D eigenvalue weighted by molar-refractivity contribution is -0.0541. The van der Waals surface area contributed by atoms with Crippen LogP contribution < -0.4 is 0 Å². The fraction of sp³-hybridized carbons (Fsp3) is 0.800. The van der Waals surface area contributed by atoms with Gasteiger partial charge in [0.25, 0.3) is 0 Å². The average Bonchev–Trinajstić information content (AvgIpc) is 2.30. The summed E-state index contributed by atoms with van der Waals surface area (Å²) in [6, 6.07) is 1.60. The maximum Gasteiger partial charge on any atom is 0.536 e. The largest absolute Gasteiger partial charge is 0.536 e. The molecule has 19 heavy (non-hydrogen) atoms. The Balaban J connectivity index is 2.77. The highest BCUT2D eigenvalue weighted by molar-refractivity contribution is 7.87. The van der Waals surface area contributed by atoms with E-state index in [2.05, 4.69) is 9.44 Å². The topological polar surface area (TPSA) is 79.5 Å². The van der Waals surface area contributed by atoms with Crippen molar-refractivity contribution < 1.29 is 25.9 Å². The first-order valence-corrected chi connectivity index (χ1v) is 7.06. The Kier molecular flexibility index (Phi) is 4.79. The molecular weight excluding hydrogens is 285 g/mol. The summed E-state index contributed by atoms with van der Waals surface area (Å²) in [6.07, 6.45) is 2.81. The van der Waals surface area contributed by atoms with Gasteiger partial charge in [0.1, 0.15) is 6.07 Å². The molecule has 0 heterocycles. The number of alkyl halides is 3. The van der Waals surface area contributed by atoms with Crippen molar-refractivity contribution in [3.63, 3.8) is 0 Å². The summed E-state index contributed by atoms with van der Waals surface area (Å²) in [5, 5.41) is 11.7. The van der Waals surface area contributed by atoms with Crippen molar-refractivity contribution >= 4 is 15.8 Å². The summed E-state index contributed by atoms with van der Waals surface area (Å²) >= 11 is 0. The first kappa shape index (κ1) is 15.8. The van der Waals surface area contributed by atoms with E-state index in [1.165, 1.54) is 0 Å². The van der Waals surface area contributed by atoms with E-state index in [-0.39, 0.29) is 11.6 Å². The molecule has 0 aromatic heterocycles. The van der Waals surface area contributed by atoms with Crippen LogP contribution in [0.2, 0.25) is 0 Å². The van der Waals surface area contributed by atoms with Crippen LogP contribution in [0.15, 0.2) is 5.16 Å². The van der Waals surface area contributed by atoms with Crippen LogP contribution in [0, 0.1) is 23.2 Å². The van der Waals surface area contributed by atoms with E-state index in [0.29, 0.717) is 18.8 Å². The van der Waals surface area contributed by atoms with E-state index < -0.39 is 15.6 Å². The van der Waals surface area contributed by atoms with Gasteiger partial charge < -0.3 is 0 Å². The standard InChI is InChI=1S/C10H13F3N2O3S/c1-7-2-4-8(5-3-7)9(6-14)15-18-19(16,17)10(11,12)13/h7-8H,2-5H2,1H3/b15-9+. The summed E-state index contributed by atoms with van der Waals surface area (Å²) < 4.78 is 60.9. The highest BCUT2D eigenvalue weighted by Crippen LogP contribution is 2.30. The second-order valence-electron chi connectivity index (χ2n) is 4.52. The summed E-state index contributed by atoms with van der Waals surface area (Å²) in [7, 11) is -5.79. The molecule has 1 rings (SSSR count).